The highest BCUT2D eigenvalue weighted by Crippen LogP contribution is 2.28. The summed E-state index contributed by atoms with van der Waals surface area (Å²) in [4.78, 5) is 21.0. The van der Waals surface area contributed by atoms with E-state index >= 15 is 0 Å². The highest BCUT2D eigenvalue weighted by molar-refractivity contribution is 7.89. The second kappa shape index (κ2) is 5.17. The first kappa shape index (κ1) is 14.4. The van der Waals surface area contributed by atoms with Crippen molar-refractivity contribution in [3.8, 4) is 0 Å². The van der Waals surface area contributed by atoms with Crippen LogP contribution in [0.2, 0.25) is 0 Å². The molecule has 20 heavy (non-hydrogen) atoms. The van der Waals surface area contributed by atoms with E-state index in [-0.39, 0.29) is 11.6 Å². The first-order valence-corrected chi connectivity index (χ1v) is 7.22. The monoisotopic (exact) mass is 300 g/mol. The number of rotatable bonds is 5. The van der Waals surface area contributed by atoms with Crippen LogP contribution in [0.4, 0.5) is 5.69 Å². The van der Waals surface area contributed by atoms with Crippen molar-refractivity contribution in [3.63, 3.8) is 0 Å². The lowest BCUT2D eigenvalue weighted by atomic mass is 10.2. The van der Waals surface area contributed by atoms with Gasteiger partial charge in [-0.25, -0.2) is 17.9 Å². The predicted molar refractivity (Wildman–Crippen MR) is 67.8 cm³/mol. The molecule has 2 rings (SSSR count). The van der Waals surface area contributed by atoms with E-state index in [0.717, 1.165) is 19.2 Å². The molecular weight excluding hydrogens is 288 g/mol. The van der Waals surface area contributed by atoms with Crippen LogP contribution in [0, 0.1) is 10.1 Å². The number of sulfonamides is 1. The van der Waals surface area contributed by atoms with E-state index in [9.17, 15) is 23.3 Å². The number of methoxy groups -OCH3 is 1. The molecule has 0 aromatic heterocycles. The van der Waals surface area contributed by atoms with Crippen LogP contribution >= 0.6 is 0 Å². The Bertz CT molecular complexity index is 665. The van der Waals surface area contributed by atoms with Gasteiger partial charge in [-0.2, -0.15) is 0 Å². The number of carbonyl (C=O) groups is 1. The summed E-state index contributed by atoms with van der Waals surface area (Å²) in [7, 11) is -2.83. The second-order valence-electron chi connectivity index (χ2n) is 4.33. The minimum atomic E-state index is -3.97. The molecule has 0 heterocycles. The minimum absolute atomic E-state index is 0.0791. The van der Waals surface area contributed by atoms with Crippen LogP contribution in [0.25, 0.3) is 0 Å². The summed E-state index contributed by atoms with van der Waals surface area (Å²) in [6.45, 7) is 0. The van der Waals surface area contributed by atoms with E-state index in [1.165, 1.54) is 6.07 Å². The smallest absolute Gasteiger partial charge is 0.338 e. The SMILES string of the molecule is COC(=O)c1ccc(S(=O)(=O)NC2CC2)c([N+](=O)[O-])c1. The first-order valence-electron chi connectivity index (χ1n) is 5.74. The number of hydrogen-bond acceptors (Lipinski definition) is 6. The lowest BCUT2D eigenvalue weighted by Crippen LogP contribution is -2.26. The maximum Gasteiger partial charge on any atom is 0.338 e. The third kappa shape index (κ3) is 2.94. The number of hydrogen-bond donors (Lipinski definition) is 1. The third-order valence-corrected chi connectivity index (χ3v) is 4.33. The average molecular weight is 300 g/mol. The van der Waals surface area contributed by atoms with E-state index in [1.807, 2.05) is 0 Å². The maximum absolute atomic E-state index is 12.0. The van der Waals surface area contributed by atoms with Gasteiger partial charge in [0.15, 0.2) is 4.90 Å². The minimum Gasteiger partial charge on any atom is -0.465 e. The molecule has 9 heteroatoms. The molecular formula is C11H12N2O6S. The van der Waals surface area contributed by atoms with Crippen LogP contribution in [0.15, 0.2) is 23.1 Å². The molecule has 1 N–H and O–H groups in total. The number of ether oxygens (including phenoxy) is 1. The van der Waals surface area contributed by atoms with Gasteiger partial charge in [0.1, 0.15) is 0 Å². The Morgan fingerprint density at radius 1 is 1.45 bits per heavy atom. The maximum atomic E-state index is 12.0. The summed E-state index contributed by atoms with van der Waals surface area (Å²) in [5.41, 5.74) is -0.731. The third-order valence-electron chi connectivity index (χ3n) is 2.77. The van der Waals surface area contributed by atoms with Gasteiger partial charge in [0.25, 0.3) is 5.69 Å². The van der Waals surface area contributed by atoms with Crippen molar-refractivity contribution in [2.24, 2.45) is 0 Å². The first-order chi connectivity index (χ1) is 9.35. The Balaban J connectivity index is 2.47. The van der Waals surface area contributed by atoms with Crippen LogP contribution < -0.4 is 4.72 Å². The molecule has 1 aromatic rings. The number of benzene rings is 1. The largest absolute Gasteiger partial charge is 0.465 e. The number of nitrogens with one attached hydrogen (secondary N) is 1. The van der Waals surface area contributed by atoms with Crippen LogP contribution in [-0.2, 0) is 14.8 Å². The highest BCUT2D eigenvalue weighted by atomic mass is 32.2. The molecule has 1 saturated carbocycles. The van der Waals surface area contributed by atoms with Crippen molar-refractivity contribution in [1.82, 2.24) is 4.72 Å². The lowest BCUT2D eigenvalue weighted by Gasteiger charge is -2.07. The molecule has 0 aliphatic heterocycles. The van der Waals surface area contributed by atoms with E-state index in [4.69, 9.17) is 0 Å². The van der Waals surface area contributed by atoms with Gasteiger partial charge >= 0.3 is 5.97 Å². The fourth-order valence-corrected chi connectivity index (χ4v) is 3.07. The standard InChI is InChI=1S/C11H12N2O6S/c1-19-11(14)7-2-5-10(9(6-7)13(15)16)20(17,18)12-8-3-4-8/h2,5-6,8,12H,3-4H2,1H3. The molecule has 0 spiro atoms. The molecule has 1 aromatic carbocycles. The van der Waals surface area contributed by atoms with Crippen molar-refractivity contribution >= 4 is 21.7 Å². The Morgan fingerprint density at radius 3 is 2.60 bits per heavy atom. The summed E-state index contributed by atoms with van der Waals surface area (Å²) >= 11 is 0. The molecule has 1 aliphatic carbocycles. The van der Waals surface area contributed by atoms with Crippen LogP contribution in [0.1, 0.15) is 23.2 Å². The van der Waals surface area contributed by atoms with Crippen molar-refractivity contribution in [2.75, 3.05) is 7.11 Å². The predicted octanol–water partition coefficient (Wildman–Crippen LogP) is 0.822. The fourth-order valence-electron chi connectivity index (χ4n) is 1.62. The van der Waals surface area contributed by atoms with Crippen molar-refractivity contribution in [1.29, 1.82) is 0 Å². The van der Waals surface area contributed by atoms with Gasteiger partial charge in [-0.3, -0.25) is 10.1 Å². The summed E-state index contributed by atoms with van der Waals surface area (Å²) in [5.74, 6) is -0.771. The summed E-state index contributed by atoms with van der Waals surface area (Å²) < 4.78 is 30.9. The zero-order chi connectivity index (χ0) is 14.9. The van der Waals surface area contributed by atoms with Gasteiger partial charge < -0.3 is 4.74 Å². The molecule has 108 valence electrons. The molecule has 0 unspecified atom stereocenters. The van der Waals surface area contributed by atoms with E-state index in [2.05, 4.69) is 9.46 Å². The number of nitro groups is 1. The summed E-state index contributed by atoms with van der Waals surface area (Å²) in [5, 5.41) is 11.0. The zero-order valence-electron chi connectivity index (χ0n) is 10.5. The topological polar surface area (TPSA) is 116 Å². The molecule has 1 aliphatic rings. The zero-order valence-corrected chi connectivity index (χ0v) is 11.3. The average Bonchev–Trinajstić information content (AvgIpc) is 3.20. The van der Waals surface area contributed by atoms with Gasteiger partial charge in [-0.05, 0) is 25.0 Å². The number of esters is 1. The van der Waals surface area contributed by atoms with Crippen molar-refractivity contribution in [3.05, 3.63) is 33.9 Å². The van der Waals surface area contributed by atoms with E-state index in [1.54, 1.807) is 0 Å². The molecule has 0 amide bonds. The second-order valence-corrected chi connectivity index (χ2v) is 6.01. The fraction of sp³-hybridized carbons (Fsp3) is 0.364. The molecule has 0 atom stereocenters. The lowest BCUT2D eigenvalue weighted by molar-refractivity contribution is -0.387. The molecule has 1 fully saturated rings. The van der Waals surface area contributed by atoms with Crippen molar-refractivity contribution < 1.29 is 22.9 Å². The Morgan fingerprint density at radius 2 is 2.10 bits per heavy atom. The number of nitrogens with zero attached hydrogens (tertiary/aromatic N) is 1. The van der Waals surface area contributed by atoms with Crippen LogP contribution in [-0.4, -0.2) is 32.5 Å². The van der Waals surface area contributed by atoms with Gasteiger partial charge in [0, 0.05) is 12.1 Å². The molecule has 8 nitrogen and oxygen atoms in total. The summed E-state index contributed by atoms with van der Waals surface area (Å²) in [6, 6.07) is 2.95. The number of nitro benzene ring substituents is 1. The van der Waals surface area contributed by atoms with Crippen LogP contribution in [0.3, 0.4) is 0 Å². The molecule has 0 radical (unpaired) electrons. The Labute approximate surface area is 114 Å². The van der Waals surface area contributed by atoms with Gasteiger partial charge in [0.05, 0.1) is 17.6 Å². The highest BCUT2D eigenvalue weighted by Gasteiger charge is 2.32. The van der Waals surface area contributed by atoms with Gasteiger partial charge in [0.2, 0.25) is 10.0 Å². The van der Waals surface area contributed by atoms with Crippen LogP contribution in [0.5, 0.6) is 0 Å². The van der Waals surface area contributed by atoms with Crippen molar-refractivity contribution in [2.45, 2.75) is 23.8 Å². The van der Waals surface area contributed by atoms with E-state index in [0.29, 0.717) is 12.8 Å². The van der Waals surface area contributed by atoms with Gasteiger partial charge in [-0.15, -0.1) is 0 Å². The quantitative estimate of drug-likeness (QED) is 0.489. The summed E-state index contributed by atoms with van der Waals surface area (Å²) in [6.07, 6.45) is 1.43. The van der Waals surface area contributed by atoms with E-state index < -0.39 is 31.5 Å². The Kier molecular flexibility index (Phi) is 3.73. The number of carbonyl (C=O) groups excluding carboxylic acids is 1. The molecule has 0 bridgehead atoms. The van der Waals surface area contributed by atoms with Gasteiger partial charge in [-0.1, -0.05) is 0 Å². The molecule has 0 saturated heterocycles. The Hall–Kier alpha value is -2.00. The normalized spacial score (nSPS) is 14.8.